The largest absolute Gasteiger partial charge is 0.319 e. The molecule has 2 nitrogen and oxygen atoms in total. The van der Waals surface area contributed by atoms with Gasteiger partial charge < -0.3 is 5.32 Å². The summed E-state index contributed by atoms with van der Waals surface area (Å²) in [5.74, 6) is -1.92. The predicted octanol–water partition coefficient (Wildman–Crippen LogP) is 3.98. The van der Waals surface area contributed by atoms with Crippen molar-refractivity contribution < 1.29 is 13.6 Å². The molecule has 1 amide bonds. The first-order chi connectivity index (χ1) is 8.58. The van der Waals surface area contributed by atoms with E-state index in [-0.39, 0.29) is 11.3 Å². The van der Waals surface area contributed by atoms with E-state index in [2.05, 4.69) is 21.2 Å². The molecule has 0 saturated heterocycles. The van der Waals surface area contributed by atoms with Crippen LogP contribution in [0, 0.1) is 11.6 Å². The van der Waals surface area contributed by atoms with Crippen molar-refractivity contribution in [1.82, 2.24) is 0 Å². The molecule has 92 valence electrons. The Morgan fingerprint density at radius 3 is 2.44 bits per heavy atom. The quantitative estimate of drug-likeness (QED) is 0.893. The van der Waals surface area contributed by atoms with Crippen LogP contribution < -0.4 is 5.32 Å². The molecular formula is C13H8BrF2NO. The van der Waals surface area contributed by atoms with E-state index in [1.165, 1.54) is 30.3 Å². The molecule has 0 saturated carbocycles. The molecule has 0 bridgehead atoms. The highest BCUT2D eigenvalue weighted by Gasteiger charge is 2.13. The normalized spacial score (nSPS) is 10.2. The van der Waals surface area contributed by atoms with Gasteiger partial charge in [0.05, 0.1) is 11.3 Å². The van der Waals surface area contributed by atoms with E-state index in [9.17, 15) is 13.6 Å². The summed E-state index contributed by atoms with van der Waals surface area (Å²) in [5, 5.41) is 2.32. The highest BCUT2D eigenvalue weighted by atomic mass is 79.9. The number of benzene rings is 2. The van der Waals surface area contributed by atoms with Crippen LogP contribution in [-0.4, -0.2) is 5.91 Å². The van der Waals surface area contributed by atoms with Gasteiger partial charge in [0, 0.05) is 4.47 Å². The van der Waals surface area contributed by atoms with Crippen molar-refractivity contribution in [3.63, 3.8) is 0 Å². The molecule has 0 unspecified atom stereocenters. The van der Waals surface area contributed by atoms with Crippen LogP contribution in [0.2, 0.25) is 0 Å². The number of anilines is 1. The third kappa shape index (κ3) is 2.73. The van der Waals surface area contributed by atoms with Crippen molar-refractivity contribution in [2.24, 2.45) is 0 Å². The second-order valence-corrected chi connectivity index (χ2v) is 4.47. The number of carbonyl (C=O) groups is 1. The van der Waals surface area contributed by atoms with E-state index in [4.69, 9.17) is 0 Å². The first kappa shape index (κ1) is 12.7. The van der Waals surface area contributed by atoms with Gasteiger partial charge in [-0.3, -0.25) is 4.79 Å². The third-order valence-electron chi connectivity index (χ3n) is 2.30. The number of para-hydroxylation sites is 1. The molecule has 2 aromatic carbocycles. The standard InChI is InChI=1S/C13H8BrF2NO/c14-8-5-6-9(11(16)7-8)13(18)17-12-4-2-1-3-10(12)15/h1-7H,(H,17,18). The minimum atomic E-state index is -0.690. The second kappa shape index (κ2) is 5.27. The number of hydrogen-bond acceptors (Lipinski definition) is 1. The van der Waals surface area contributed by atoms with Crippen LogP contribution in [0.15, 0.2) is 46.9 Å². The molecular weight excluding hydrogens is 304 g/mol. The Morgan fingerprint density at radius 2 is 1.78 bits per heavy atom. The first-order valence-electron chi connectivity index (χ1n) is 5.09. The van der Waals surface area contributed by atoms with Gasteiger partial charge in [0.25, 0.3) is 5.91 Å². The minimum Gasteiger partial charge on any atom is -0.319 e. The molecule has 5 heteroatoms. The van der Waals surface area contributed by atoms with Crippen molar-refractivity contribution in [2.45, 2.75) is 0 Å². The molecule has 0 aliphatic carbocycles. The van der Waals surface area contributed by atoms with Crippen LogP contribution in [0.3, 0.4) is 0 Å². The molecule has 0 fully saturated rings. The van der Waals surface area contributed by atoms with Crippen LogP contribution in [0.5, 0.6) is 0 Å². The molecule has 0 aliphatic heterocycles. The topological polar surface area (TPSA) is 29.1 Å². The Morgan fingerprint density at radius 1 is 1.06 bits per heavy atom. The second-order valence-electron chi connectivity index (χ2n) is 3.56. The lowest BCUT2D eigenvalue weighted by atomic mass is 10.2. The van der Waals surface area contributed by atoms with E-state index in [1.54, 1.807) is 12.1 Å². The van der Waals surface area contributed by atoms with Gasteiger partial charge in [-0.2, -0.15) is 0 Å². The number of carbonyl (C=O) groups excluding carboxylic acids is 1. The van der Waals surface area contributed by atoms with Crippen molar-refractivity contribution in [3.05, 3.63) is 64.1 Å². The number of halogens is 3. The average Bonchev–Trinajstić information content (AvgIpc) is 2.32. The van der Waals surface area contributed by atoms with Crippen LogP contribution in [0.4, 0.5) is 14.5 Å². The molecule has 0 heterocycles. The Labute approximate surface area is 111 Å². The lowest BCUT2D eigenvalue weighted by Crippen LogP contribution is -2.14. The van der Waals surface area contributed by atoms with Crippen molar-refractivity contribution >= 4 is 27.5 Å². The Balaban J connectivity index is 2.25. The van der Waals surface area contributed by atoms with Crippen molar-refractivity contribution in [2.75, 3.05) is 5.32 Å². The lowest BCUT2D eigenvalue weighted by Gasteiger charge is -2.07. The van der Waals surface area contributed by atoms with Crippen molar-refractivity contribution in [3.8, 4) is 0 Å². The minimum absolute atomic E-state index is 0.0184. The lowest BCUT2D eigenvalue weighted by molar-refractivity contribution is 0.102. The number of hydrogen-bond donors (Lipinski definition) is 1. The van der Waals surface area contributed by atoms with E-state index in [0.29, 0.717) is 4.47 Å². The Bertz CT molecular complexity index is 601. The van der Waals surface area contributed by atoms with Crippen LogP contribution >= 0.6 is 15.9 Å². The summed E-state index contributed by atoms with van der Waals surface area (Å²) in [4.78, 5) is 11.8. The summed E-state index contributed by atoms with van der Waals surface area (Å²) in [5.41, 5.74) is -0.119. The number of rotatable bonds is 2. The average molecular weight is 312 g/mol. The zero-order chi connectivity index (χ0) is 13.1. The maximum Gasteiger partial charge on any atom is 0.258 e. The molecule has 0 aliphatic rings. The maximum atomic E-state index is 13.5. The van der Waals surface area contributed by atoms with Gasteiger partial charge in [-0.15, -0.1) is 0 Å². The number of nitrogens with one attached hydrogen (secondary N) is 1. The Hall–Kier alpha value is -1.75. The fraction of sp³-hybridized carbons (Fsp3) is 0. The van der Waals surface area contributed by atoms with Gasteiger partial charge in [0.15, 0.2) is 0 Å². The smallest absolute Gasteiger partial charge is 0.258 e. The third-order valence-corrected chi connectivity index (χ3v) is 2.79. The summed E-state index contributed by atoms with van der Waals surface area (Å²) in [6, 6.07) is 9.75. The monoisotopic (exact) mass is 311 g/mol. The molecule has 0 aromatic heterocycles. The molecule has 1 N–H and O–H groups in total. The Kier molecular flexibility index (Phi) is 3.72. The fourth-order valence-corrected chi connectivity index (χ4v) is 1.76. The summed E-state index contributed by atoms with van der Waals surface area (Å²) in [6.07, 6.45) is 0. The van der Waals surface area contributed by atoms with E-state index in [1.807, 2.05) is 0 Å². The first-order valence-corrected chi connectivity index (χ1v) is 5.88. The van der Waals surface area contributed by atoms with Crippen molar-refractivity contribution in [1.29, 1.82) is 0 Å². The van der Waals surface area contributed by atoms with Gasteiger partial charge in [-0.05, 0) is 30.3 Å². The predicted molar refractivity (Wildman–Crippen MR) is 68.5 cm³/mol. The van der Waals surface area contributed by atoms with Gasteiger partial charge in [0.2, 0.25) is 0 Å². The molecule has 2 aromatic rings. The highest BCUT2D eigenvalue weighted by Crippen LogP contribution is 2.18. The van der Waals surface area contributed by atoms with Gasteiger partial charge in [0.1, 0.15) is 11.6 Å². The van der Waals surface area contributed by atoms with Gasteiger partial charge >= 0.3 is 0 Å². The zero-order valence-electron chi connectivity index (χ0n) is 9.08. The zero-order valence-corrected chi connectivity index (χ0v) is 10.7. The highest BCUT2D eigenvalue weighted by molar-refractivity contribution is 9.10. The maximum absolute atomic E-state index is 13.5. The van der Waals surface area contributed by atoms with Gasteiger partial charge in [-0.25, -0.2) is 8.78 Å². The van der Waals surface area contributed by atoms with Crippen LogP contribution in [-0.2, 0) is 0 Å². The summed E-state index contributed by atoms with van der Waals surface area (Å²) in [6.45, 7) is 0. The molecule has 18 heavy (non-hydrogen) atoms. The van der Waals surface area contributed by atoms with Crippen LogP contribution in [0.25, 0.3) is 0 Å². The summed E-state index contributed by atoms with van der Waals surface area (Å²) < 4.78 is 27.4. The number of amides is 1. The van der Waals surface area contributed by atoms with E-state index >= 15 is 0 Å². The fourth-order valence-electron chi connectivity index (χ4n) is 1.43. The van der Waals surface area contributed by atoms with E-state index < -0.39 is 17.5 Å². The van der Waals surface area contributed by atoms with Gasteiger partial charge in [-0.1, -0.05) is 28.1 Å². The molecule has 2 rings (SSSR count). The van der Waals surface area contributed by atoms with Crippen LogP contribution in [0.1, 0.15) is 10.4 Å². The molecule has 0 atom stereocenters. The molecule has 0 spiro atoms. The SMILES string of the molecule is O=C(Nc1ccccc1F)c1ccc(Br)cc1F. The summed E-state index contributed by atoms with van der Waals surface area (Å²) >= 11 is 3.09. The van der Waals surface area contributed by atoms with E-state index in [0.717, 1.165) is 0 Å². The summed E-state index contributed by atoms with van der Waals surface area (Å²) in [7, 11) is 0. The molecule has 0 radical (unpaired) electrons.